The molecule has 1 heterocycles. The standard InChI is InChI=1S/C13H7BrFN3O2/c14-8-1-2-10(7(5-8)6-16)18-12-11(15)9(13(19)20)3-4-17-12/h1-5H,(H,17,18)(H,19,20). The highest BCUT2D eigenvalue weighted by Crippen LogP contribution is 2.25. The number of hydrogen-bond donors (Lipinski definition) is 2. The van der Waals surface area contributed by atoms with E-state index in [0.29, 0.717) is 10.2 Å². The van der Waals surface area contributed by atoms with Crippen LogP contribution in [-0.2, 0) is 0 Å². The third kappa shape index (κ3) is 2.75. The van der Waals surface area contributed by atoms with Gasteiger partial charge in [-0.2, -0.15) is 5.26 Å². The Morgan fingerprint density at radius 2 is 2.20 bits per heavy atom. The fourth-order valence-corrected chi connectivity index (χ4v) is 1.90. The molecule has 2 N–H and O–H groups in total. The summed E-state index contributed by atoms with van der Waals surface area (Å²) < 4.78 is 14.6. The van der Waals surface area contributed by atoms with Gasteiger partial charge in [-0.25, -0.2) is 14.2 Å². The molecule has 0 saturated heterocycles. The van der Waals surface area contributed by atoms with Crippen molar-refractivity contribution in [3.63, 3.8) is 0 Å². The molecule has 2 rings (SSSR count). The van der Waals surface area contributed by atoms with Gasteiger partial charge in [0.2, 0.25) is 0 Å². The predicted octanol–water partition coefficient (Wildman–Crippen LogP) is 3.30. The molecule has 5 nitrogen and oxygen atoms in total. The first-order valence-corrected chi connectivity index (χ1v) is 6.16. The highest BCUT2D eigenvalue weighted by atomic mass is 79.9. The molecule has 1 aromatic heterocycles. The number of pyridine rings is 1. The van der Waals surface area contributed by atoms with E-state index in [4.69, 9.17) is 10.4 Å². The summed E-state index contributed by atoms with van der Waals surface area (Å²) in [5.74, 6) is -2.61. The van der Waals surface area contributed by atoms with Crippen molar-refractivity contribution in [1.29, 1.82) is 5.26 Å². The van der Waals surface area contributed by atoms with Crippen LogP contribution < -0.4 is 5.32 Å². The lowest BCUT2D eigenvalue weighted by Crippen LogP contribution is -2.06. The average molecular weight is 336 g/mol. The summed E-state index contributed by atoms with van der Waals surface area (Å²) in [6, 6.07) is 7.81. The van der Waals surface area contributed by atoms with Crippen molar-refractivity contribution in [1.82, 2.24) is 4.98 Å². The molecule has 0 fully saturated rings. The van der Waals surface area contributed by atoms with E-state index in [1.54, 1.807) is 18.2 Å². The Hall–Kier alpha value is -2.46. The van der Waals surface area contributed by atoms with Gasteiger partial charge in [0.05, 0.1) is 11.3 Å². The highest BCUT2D eigenvalue weighted by molar-refractivity contribution is 9.10. The molecule has 7 heteroatoms. The number of carboxylic acids is 1. The van der Waals surface area contributed by atoms with Gasteiger partial charge in [0.15, 0.2) is 11.6 Å². The second kappa shape index (κ2) is 5.67. The number of carboxylic acid groups (broad SMARTS) is 1. The normalized spacial score (nSPS) is 9.85. The summed E-state index contributed by atoms with van der Waals surface area (Å²) in [5, 5.41) is 20.5. The van der Waals surface area contributed by atoms with Crippen molar-refractivity contribution in [2.75, 3.05) is 5.32 Å². The zero-order valence-electron chi connectivity index (χ0n) is 9.89. The summed E-state index contributed by atoms with van der Waals surface area (Å²) in [5.41, 5.74) is 0.129. The summed E-state index contributed by atoms with van der Waals surface area (Å²) in [7, 11) is 0. The Bertz CT molecular complexity index is 728. The smallest absolute Gasteiger partial charge is 0.338 e. The molecule has 0 radical (unpaired) electrons. The minimum atomic E-state index is -1.38. The molecule has 20 heavy (non-hydrogen) atoms. The van der Waals surface area contributed by atoms with Crippen LogP contribution in [0.1, 0.15) is 15.9 Å². The zero-order chi connectivity index (χ0) is 14.7. The molecule has 0 unspecified atom stereocenters. The van der Waals surface area contributed by atoms with Crippen molar-refractivity contribution in [2.45, 2.75) is 0 Å². The van der Waals surface area contributed by atoms with Crippen LogP contribution in [0.25, 0.3) is 0 Å². The van der Waals surface area contributed by atoms with Gasteiger partial charge in [0.25, 0.3) is 0 Å². The fraction of sp³-hybridized carbons (Fsp3) is 0. The molecule has 0 aliphatic heterocycles. The van der Waals surface area contributed by atoms with Gasteiger partial charge >= 0.3 is 5.97 Å². The fourth-order valence-electron chi connectivity index (χ4n) is 1.54. The maximum absolute atomic E-state index is 13.9. The van der Waals surface area contributed by atoms with E-state index in [9.17, 15) is 9.18 Å². The maximum atomic E-state index is 13.9. The van der Waals surface area contributed by atoms with E-state index in [1.165, 1.54) is 6.20 Å². The van der Waals surface area contributed by atoms with Crippen LogP contribution in [0.3, 0.4) is 0 Å². The third-order valence-electron chi connectivity index (χ3n) is 2.47. The summed E-state index contributed by atoms with van der Waals surface area (Å²) >= 11 is 3.22. The highest BCUT2D eigenvalue weighted by Gasteiger charge is 2.16. The topological polar surface area (TPSA) is 86.0 Å². The first kappa shape index (κ1) is 14.0. The number of nitriles is 1. The Kier molecular flexibility index (Phi) is 3.96. The quantitative estimate of drug-likeness (QED) is 0.898. The minimum absolute atomic E-state index is 0.247. The molecule has 0 bridgehead atoms. The van der Waals surface area contributed by atoms with E-state index in [0.717, 1.165) is 6.07 Å². The first-order chi connectivity index (χ1) is 9.52. The Balaban J connectivity index is 2.44. The lowest BCUT2D eigenvalue weighted by molar-refractivity contribution is 0.0692. The van der Waals surface area contributed by atoms with Crippen LogP contribution in [-0.4, -0.2) is 16.1 Å². The van der Waals surface area contributed by atoms with E-state index < -0.39 is 17.3 Å². The molecule has 0 aliphatic carbocycles. The third-order valence-corrected chi connectivity index (χ3v) is 2.97. The van der Waals surface area contributed by atoms with E-state index >= 15 is 0 Å². The van der Waals surface area contributed by atoms with Crippen molar-refractivity contribution in [3.05, 3.63) is 51.9 Å². The molecule has 0 amide bonds. The number of aromatic nitrogens is 1. The Morgan fingerprint density at radius 3 is 2.85 bits per heavy atom. The average Bonchev–Trinajstić information content (AvgIpc) is 2.42. The molecule has 0 saturated carbocycles. The van der Waals surface area contributed by atoms with E-state index in [2.05, 4.69) is 26.2 Å². The summed E-state index contributed by atoms with van der Waals surface area (Å²) in [6.45, 7) is 0. The SMILES string of the molecule is N#Cc1cc(Br)ccc1Nc1nccc(C(=O)O)c1F. The second-order valence-electron chi connectivity index (χ2n) is 3.75. The molecular weight excluding hydrogens is 329 g/mol. The monoisotopic (exact) mass is 335 g/mol. The largest absolute Gasteiger partial charge is 0.478 e. The Morgan fingerprint density at radius 1 is 1.45 bits per heavy atom. The second-order valence-corrected chi connectivity index (χ2v) is 4.67. The van der Waals surface area contributed by atoms with E-state index in [-0.39, 0.29) is 11.4 Å². The zero-order valence-corrected chi connectivity index (χ0v) is 11.5. The first-order valence-electron chi connectivity index (χ1n) is 5.37. The molecule has 100 valence electrons. The number of anilines is 2. The molecule has 1 aromatic carbocycles. The lowest BCUT2D eigenvalue weighted by atomic mass is 10.2. The van der Waals surface area contributed by atoms with Gasteiger partial charge in [-0.1, -0.05) is 15.9 Å². The van der Waals surface area contributed by atoms with Crippen LogP contribution in [0.15, 0.2) is 34.9 Å². The number of carbonyl (C=O) groups is 1. The van der Waals surface area contributed by atoms with Gasteiger partial charge in [-0.15, -0.1) is 0 Å². The number of rotatable bonds is 3. The van der Waals surface area contributed by atoms with Crippen LogP contribution in [0.5, 0.6) is 0 Å². The summed E-state index contributed by atoms with van der Waals surface area (Å²) in [6.07, 6.45) is 1.18. The molecule has 0 aliphatic rings. The van der Waals surface area contributed by atoms with Gasteiger partial charge in [0, 0.05) is 10.7 Å². The van der Waals surface area contributed by atoms with Gasteiger partial charge < -0.3 is 10.4 Å². The van der Waals surface area contributed by atoms with Crippen LogP contribution in [0.4, 0.5) is 15.9 Å². The minimum Gasteiger partial charge on any atom is -0.478 e. The van der Waals surface area contributed by atoms with Crippen molar-refractivity contribution in [2.24, 2.45) is 0 Å². The van der Waals surface area contributed by atoms with Gasteiger partial charge in [-0.3, -0.25) is 0 Å². The number of halogens is 2. The van der Waals surface area contributed by atoms with Crippen LogP contribution in [0.2, 0.25) is 0 Å². The van der Waals surface area contributed by atoms with Gasteiger partial charge in [-0.05, 0) is 24.3 Å². The molecular formula is C13H7BrFN3O2. The van der Waals surface area contributed by atoms with Crippen LogP contribution in [0, 0.1) is 17.1 Å². The summed E-state index contributed by atoms with van der Waals surface area (Å²) in [4.78, 5) is 14.6. The number of nitrogens with zero attached hydrogens (tertiary/aromatic N) is 2. The van der Waals surface area contributed by atoms with E-state index in [1.807, 2.05) is 6.07 Å². The lowest BCUT2D eigenvalue weighted by Gasteiger charge is -2.09. The number of nitrogens with one attached hydrogen (secondary N) is 1. The predicted molar refractivity (Wildman–Crippen MR) is 73.3 cm³/mol. The number of aromatic carboxylic acids is 1. The van der Waals surface area contributed by atoms with Crippen molar-refractivity contribution >= 4 is 33.4 Å². The number of hydrogen-bond acceptors (Lipinski definition) is 4. The van der Waals surface area contributed by atoms with Gasteiger partial charge in [0.1, 0.15) is 11.6 Å². The molecule has 2 aromatic rings. The van der Waals surface area contributed by atoms with Crippen LogP contribution >= 0.6 is 15.9 Å². The van der Waals surface area contributed by atoms with Crippen molar-refractivity contribution in [3.8, 4) is 6.07 Å². The molecule has 0 spiro atoms. The Labute approximate surface area is 121 Å². The van der Waals surface area contributed by atoms with Crippen molar-refractivity contribution < 1.29 is 14.3 Å². The molecule has 0 atom stereocenters. The maximum Gasteiger partial charge on any atom is 0.338 e. The number of benzene rings is 1.